The van der Waals surface area contributed by atoms with Crippen LogP contribution in [0.1, 0.15) is 11.3 Å². The number of nitrogens with zero attached hydrogens (tertiary/aromatic N) is 1. The maximum atomic E-state index is 12.1. The number of ether oxygens (including phenoxy) is 2. The minimum absolute atomic E-state index is 0.0207. The molecule has 0 fully saturated rings. The molecule has 0 aliphatic carbocycles. The standard InChI is InChI=1S/C19H20N2O3S2/c1-23-16-4-3-13(9-17(16)24-2)5-7-20-18(22)10-15-12-26-19(21-15)14-6-8-25-11-14/h3-4,6,8-9,11-12H,5,7,10H2,1-2H3,(H,20,22). The molecule has 2 aromatic heterocycles. The third kappa shape index (κ3) is 4.62. The first-order valence-electron chi connectivity index (χ1n) is 8.14. The number of hydrogen-bond acceptors (Lipinski definition) is 6. The number of rotatable bonds is 8. The molecule has 0 spiro atoms. The first-order chi connectivity index (χ1) is 12.7. The second-order valence-corrected chi connectivity index (χ2v) is 7.26. The topological polar surface area (TPSA) is 60.5 Å². The van der Waals surface area contributed by atoms with Crippen molar-refractivity contribution in [1.29, 1.82) is 0 Å². The lowest BCUT2D eigenvalue weighted by Gasteiger charge is -2.10. The smallest absolute Gasteiger partial charge is 0.226 e. The van der Waals surface area contributed by atoms with E-state index >= 15 is 0 Å². The summed E-state index contributed by atoms with van der Waals surface area (Å²) in [6.45, 7) is 0.565. The molecule has 0 unspecified atom stereocenters. The van der Waals surface area contributed by atoms with Crippen LogP contribution in [0.25, 0.3) is 10.6 Å². The number of thiazole rings is 1. The summed E-state index contributed by atoms with van der Waals surface area (Å²) < 4.78 is 10.5. The van der Waals surface area contributed by atoms with Crippen LogP contribution in [0, 0.1) is 0 Å². The normalized spacial score (nSPS) is 10.5. The van der Waals surface area contributed by atoms with Crippen LogP contribution in [0.15, 0.2) is 40.4 Å². The van der Waals surface area contributed by atoms with Crippen LogP contribution < -0.4 is 14.8 Å². The van der Waals surface area contributed by atoms with E-state index in [0.717, 1.165) is 28.2 Å². The Bertz CT molecular complexity index is 860. The van der Waals surface area contributed by atoms with Gasteiger partial charge in [-0.25, -0.2) is 4.98 Å². The van der Waals surface area contributed by atoms with Crippen molar-refractivity contribution in [3.63, 3.8) is 0 Å². The second-order valence-electron chi connectivity index (χ2n) is 5.62. The van der Waals surface area contributed by atoms with Gasteiger partial charge in [-0.1, -0.05) is 6.07 Å². The Hall–Kier alpha value is -2.38. The predicted octanol–water partition coefficient (Wildman–Crippen LogP) is 3.79. The van der Waals surface area contributed by atoms with Crippen LogP contribution in [0.4, 0.5) is 0 Å². The third-order valence-corrected chi connectivity index (χ3v) is 5.47. The number of hydrogen-bond donors (Lipinski definition) is 1. The largest absolute Gasteiger partial charge is 0.493 e. The first-order valence-corrected chi connectivity index (χ1v) is 9.96. The molecule has 1 N–H and O–H groups in total. The summed E-state index contributed by atoms with van der Waals surface area (Å²) in [6.07, 6.45) is 1.02. The van der Waals surface area contributed by atoms with E-state index in [1.54, 1.807) is 36.9 Å². The number of carbonyl (C=O) groups is 1. The van der Waals surface area contributed by atoms with Gasteiger partial charge < -0.3 is 14.8 Å². The number of methoxy groups -OCH3 is 2. The van der Waals surface area contributed by atoms with Crippen molar-refractivity contribution in [2.24, 2.45) is 0 Å². The van der Waals surface area contributed by atoms with Crippen LogP contribution >= 0.6 is 22.7 Å². The number of benzene rings is 1. The summed E-state index contributed by atoms with van der Waals surface area (Å²) in [6, 6.07) is 7.81. The van der Waals surface area contributed by atoms with E-state index < -0.39 is 0 Å². The van der Waals surface area contributed by atoms with Crippen molar-refractivity contribution in [2.75, 3.05) is 20.8 Å². The molecule has 3 aromatic rings. The first kappa shape index (κ1) is 18.4. The molecule has 0 saturated carbocycles. The lowest BCUT2D eigenvalue weighted by atomic mass is 10.1. The molecule has 3 rings (SSSR count). The quantitative estimate of drug-likeness (QED) is 0.638. The van der Waals surface area contributed by atoms with Crippen LogP contribution in [-0.2, 0) is 17.6 Å². The van der Waals surface area contributed by atoms with Gasteiger partial charge in [-0.15, -0.1) is 11.3 Å². The average Bonchev–Trinajstić information content (AvgIpc) is 3.33. The fourth-order valence-corrected chi connectivity index (χ4v) is 4.05. The van der Waals surface area contributed by atoms with Gasteiger partial charge in [-0.05, 0) is 35.6 Å². The zero-order valence-corrected chi connectivity index (χ0v) is 16.3. The Kier molecular flexibility index (Phi) is 6.25. The Labute approximate surface area is 160 Å². The summed E-state index contributed by atoms with van der Waals surface area (Å²) in [5.74, 6) is 1.37. The molecule has 2 heterocycles. The monoisotopic (exact) mass is 388 g/mol. The molecule has 7 heteroatoms. The number of carbonyl (C=O) groups excluding carboxylic acids is 1. The molecule has 26 heavy (non-hydrogen) atoms. The van der Waals surface area contributed by atoms with Gasteiger partial charge >= 0.3 is 0 Å². The summed E-state index contributed by atoms with van der Waals surface area (Å²) in [5.41, 5.74) is 3.00. The highest BCUT2D eigenvalue weighted by atomic mass is 32.1. The maximum Gasteiger partial charge on any atom is 0.226 e. The highest BCUT2D eigenvalue weighted by Gasteiger charge is 2.10. The van der Waals surface area contributed by atoms with E-state index in [4.69, 9.17) is 9.47 Å². The maximum absolute atomic E-state index is 12.1. The van der Waals surface area contributed by atoms with Gasteiger partial charge in [-0.2, -0.15) is 11.3 Å². The molecule has 136 valence electrons. The highest BCUT2D eigenvalue weighted by molar-refractivity contribution is 7.14. The molecule has 0 aliphatic rings. The molecule has 0 bridgehead atoms. The van der Waals surface area contributed by atoms with Crippen LogP contribution in [0.2, 0.25) is 0 Å². The van der Waals surface area contributed by atoms with Gasteiger partial charge in [-0.3, -0.25) is 4.79 Å². The van der Waals surface area contributed by atoms with Gasteiger partial charge in [0, 0.05) is 22.9 Å². The molecular formula is C19H20N2O3S2. The van der Waals surface area contributed by atoms with Gasteiger partial charge in [0.05, 0.1) is 26.3 Å². The van der Waals surface area contributed by atoms with Crippen LogP contribution in [-0.4, -0.2) is 31.7 Å². The average molecular weight is 389 g/mol. The van der Waals surface area contributed by atoms with Gasteiger partial charge in [0.2, 0.25) is 5.91 Å². The molecule has 0 aliphatic heterocycles. The lowest BCUT2D eigenvalue weighted by molar-refractivity contribution is -0.120. The van der Waals surface area contributed by atoms with Gasteiger partial charge in [0.15, 0.2) is 11.5 Å². The number of amides is 1. The summed E-state index contributed by atoms with van der Waals surface area (Å²) in [7, 11) is 3.22. The Morgan fingerprint density at radius 2 is 2.00 bits per heavy atom. The van der Waals surface area contributed by atoms with E-state index in [9.17, 15) is 4.79 Å². The summed E-state index contributed by atoms with van der Waals surface area (Å²) in [4.78, 5) is 16.7. The summed E-state index contributed by atoms with van der Waals surface area (Å²) >= 11 is 3.21. The Balaban J connectivity index is 1.49. The number of aromatic nitrogens is 1. The number of nitrogens with one attached hydrogen (secondary N) is 1. The zero-order valence-electron chi connectivity index (χ0n) is 14.7. The molecule has 1 amide bonds. The second kappa shape index (κ2) is 8.82. The van der Waals surface area contributed by atoms with Crippen molar-refractivity contribution in [1.82, 2.24) is 10.3 Å². The van der Waals surface area contributed by atoms with Gasteiger partial charge in [0.25, 0.3) is 0 Å². The van der Waals surface area contributed by atoms with Crippen molar-refractivity contribution in [3.05, 3.63) is 51.7 Å². The van der Waals surface area contributed by atoms with Crippen molar-refractivity contribution < 1.29 is 14.3 Å². The predicted molar refractivity (Wildman–Crippen MR) is 105 cm³/mol. The van der Waals surface area contributed by atoms with Gasteiger partial charge in [0.1, 0.15) is 5.01 Å². The molecule has 1 aromatic carbocycles. The van der Waals surface area contributed by atoms with Crippen molar-refractivity contribution >= 4 is 28.6 Å². The third-order valence-electron chi connectivity index (χ3n) is 3.85. The number of thiophene rings is 1. The molecule has 0 atom stereocenters. The summed E-state index contributed by atoms with van der Waals surface area (Å²) in [5, 5.41) is 9.93. The zero-order chi connectivity index (χ0) is 18.4. The van der Waals surface area contributed by atoms with E-state index in [2.05, 4.69) is 15.7 Å². The van der Waals surface area contributed by atoms with Crippen molar-refractivity contribution in [3.8, 4) is 22.1 Å². The van der Waals surface area contributed by atoms with Crippen LogP contribution in [0.5, 0.6) is 11.5 Å². The fourth-order valence-electron chi connectivity index (χ4n) is 2.52. The molecular weight excluding hydrogens is 368 g/mol. The fraction of sp³-hybridized carbons (Fsp3) is 0.263. The van der Waals surface area contributed by atoms with E-state index in [1.165, 1.54) is 0 Å². The molecule has 0 saturated heterocycles. The van der Waals surface area contributed by atoms with E-state index in [-0.39, 0.29) is 5.91 Å². The molecule has 5 nitrogen and oxygen atoms in total. The SMILES string of the molecule is COc1ccc(CCNC(=O)Cc2csc(-c3ccsc3)n2)cc1OC. The van der Waals surface area contributed by atoms with E-state index in [1.807, 2.05) is 35.0 Å². The highest BCUT2D eigenvalue weighted by Crippen LogP contribution is 2.28. The van der Waals surface area contributed by atoms with E-state index in [0.29, 0.717) is 24.5 Å². The minimum Gasteiger partial charge on any atom is -0.493 e. The minimum atomic E-state index is -0.0207. The lowest BCUT2D eigenvalue weighted by Crippen LogP contribution is -2.27. The van der Waals surface area contributed by atoms with Crippen LogP contribution in [0.3, 0.4) is 0 Å². The molecule has 0 radical (unpaired) electrons. The Morgan fingerprint density at radius 3 is 2.73 bits per heavy atom. The Morgan fingerprint density at radius 1 is 1.15 bits per heavy atom. The van der Waals surface area contributed by atoms with Crippen molar-refractivity contribution in [2.45, 2.75) is 12.8 Å².